The molecule has 0 amide bonds. The van der Waals surface area contributed by atoms with Gasteiger partial charge < -0.3 is 9.84 Å². The highest BCUT2D eigenvalue weighted by Gasteiger charge is 2.33. The van der Waals surface area contributed by atoms with Crippen LogP contribution in [0, 0.1) is 6.92 Å². The van der Waals surface area contributed by atoms with Crippen LogP contribution in [0.4, 0.5) is 0 Å². The zero-order valence-electron chi connectivity index (χ0n) is 10.5. The summed E-state index contributed by atoms with van der Waals surface area (Å²) in [7, 11) is -3.16. The van der Waals surface area contributed by atoms with Crippen molar-refractivity contribution < 1.29 is 12.9 Å². The number of nitrogens with zero attached hydrogens (tertiary/aromatic N) is 1. The van der Waals surface area contributed by atoms with Crippen LogP contribution in [0.25, 0.3) is 0 Å². The maximum atomic E-state index is 12.0. The lowest BCUT2D eigenvalue weighted by molar-refractivity contribution is 0.363. The number of hydrogen-bond acceptors (Lipinski definition) is 5. The summed E-state index contributed by atoms with van der Waals surface area (Å²) >= 11 is 0. The van der Waals surface area contributed by atoms with Gasteiger partial charge in [-0.25, -0.2) is 8.42 Å². The minimum atomic E-state index is -3.16. The third kappa shape index (κ3) is 2.29. The Labute approximate surface area is 111 Å². The van der Waals surface area contributed by atoms with E-state index in [1.807, 2.05) is 25.1 Å². The second kappa shape index (κ2) is 4.47. The molecular formula is C13H14N2O3S. The molecular weight excluding hydrogens is 264 g/mol. The summed E-state index contributed by atoms with van der Waals surface area (Å²) in [5, 5.41) is 7.01. The molecule has 0 saturated carbocycles. The van der Waals surface area contributed by atoms with Crippen LogP contribution in [0.15, 0.2) is 39.8 Å². The third-order valence-electron chi connectivity index (χ3n) is 3.22. The minimum absolute atomic E-state index is 0.0967. The number of fused-ring (bicyclic) bond motifs is 1. The molecule has 1 N–H and O–H groups in total. The van der Waals surface area contributed by atoms with Gasteiger partial charge in [-0.15, -0.1) is 0 Å². The van der Waals surface area contributed by atoms with Crippen LogP contribution < -0.4 is 5.32 Å². The first kappa shape index (κ1) is 12.4. The number of rotatable bonds is 3. The van der Waals surface area contributed by atoms with Crippen molar-refractivity contribution in [2.24, 2.45) is 0 Å². The lowest BCUT2D eigenvalue weighted by Gasteiger charge is -2.10. The molecule has 100 valence electrons. The maximum absolute atomic E-state index is 12.0. The molecule has 0 bridgehead atoms. The Balaban J connectivity index is 1.80. The second-order valence-electron chi connectivity index (χ2n) is 4.69. The van der Waals surface area contributed by atoms with Gasteiger partial charge in [0.1, 0.15) is 0 Å². The average Bonchev–Trinajstić information content (AvgIpc) is 2.90. The van der Waals surface area contributed by atoms with Crippen LogP contribution >= 0.6 is 0 Å². The summed E-state index contributed by atoms with van der Waals surface area (Å²) in [4.78, 5) is 0.432. The zero-order valence-corrected chi connectivity index (χ0v) is 11.3. The van der Waals surface area contributed by atoms with Crippen molar-refractivity contribution in [3.63, 3.8) is 0 Å². The number of hydrogen-bond donors (Lipinski definition) is 1. The van der Waals surface area contributed by atoms with Crippen LogP contribution in [-0.2, 0) is 16.4 Å². The lowest BCUT2D eigenvalue weighted by atomic mass is 10.1. The Bertz CT molecular complexity index is 706. The predicted octanol–water partition coefficient (Wildman–Crippen LogP) is 1.60. The van der Waals surface area contributed by atoms with E-state index >= 15 is 0 Å². The van der Waals surface area contributed by atoms with E-state index in [0.717, 1.165) is 11.3 Å². The summed E-state index contributed by atoms with van der Waals surface area (Å²) in [6.45, 7) is 2.32. The van der Waals surface area contributed by atoms with E-state index in [4.69, 9.17) is 4.52 Å². The van der Waals surface area contributed by atoms with E-state index in [1.165, 1.54) is 0 Å². The molecule has 6 heteroatoms. The molecule has 0 aliphatic carbocycles. The molecule has 1 unspecified atom stereocenters. The molecule has 2 aromatic rings. The van der Waals surface area contributed by atoms with E-state index in [0.29, 0.717) is 17.2 Å². The molecule has 0 fully saturated rings. The molecule has 1 aromatic carbocycles. The van der Waals surface area contributed by atoms with Crippen molar-refractivity contribution in [3.05, 3.63) is 47.3 Å². The Morgan fingerprint density at radius 1 is 1.42 bits per heavy atom. The first-order valence-electron chi connectivity index (χ1n) is 6.03. The summed E-state index contributed by atoms with van der Waals surface area (Å²) < 4.78 is 29.1. The van der Waals surface area contributed by atoms with Crippen LogP contribution in [0.3, 0.4) is 0 Å². The van der Waals surface area contributed by atoms with Gasteiger partial charge >= 0.3 is 0 Å². The van der Waals surface area contributed by atoms with Crippen molar-refractivity contribution in [1.29, 1.82) is 0 Å². The molecule has 1 aromatic heterocycles. The van der Waals surface area contributed by atoms with E-state index in [9.17, 15) is 8.42 Å². The van der Waals surface area contributed by atoms with Crippen molar-refractivity contribution in [3.8, 4) is 0 Å². The Kier molecular flexibility index (Phi) is 2.91. The number of aromatic nitrogens is 1. The van der Waals surface area contributed by atoms with Gasteiger partial charge in [0.05, 0.1) is 22.9 Å². The summed E-state index contributed by atoms with van der Waals surface area (Å²) in [5.74, 6) is 0.804. The number of nitrogens with one attached hydrogen (secondary N) is 1. The fraction of sp³-hybridized carbons (Fsp3) is 0.308. The van der Waals surface area contributed by atoms with Crippen molar-refractivity contribution in [2.75, 3.05) is 5.75 Å². The molecule has 2 heterocycles. The quantitative estimate of drug-likeness (QED) is 0.923. The third-order valence-corrected chi connectivity index (χ3v) is 5.03. The first-order chi connectivity index (χ1) is 9.06. The zero-order chi connectivity index (χ0) is 13.5. The SMILES string of the molecule is Cc1cc(CNC2CS(=O)(=O)c3ccccc32)on1. The largest absolute Gasteiger partial charge is 0.360 e. The smallest absolute Gasteiger partial charge is 0.180 e. The molecule has 19 heavy (non-hydrogen) atoms. The van der Waals surface area contributed by atoms with Gasteiger partial charge in [-0.3, -0.25) is 0 Å². The molecule has 5 nitrogen and oxygen atoms in total. The normalized spacial score (nSPS) is 20.4. The number of benzene rings is 1. The lowest BCUT2D eigenvalue weighted by Crippen LogP contribution is -2.22. The summed E-state index contributed by atoms with van der Waals surface area (Å²) in [6.07, 6.45) is 0. The van der Waals surface area contributed by atoms with Gasteiger partial charge in [0.2, 0.25) is 0 Å². The minimum Gasteiger partial charge on any atom is -0.360 e. The van der Waals surface area contributed by atoms with E-state index < -0.39 is 9.84 Å². The van der Waals surface area contributed by atoms with Gasteiger partial charge in [0.15, 0.2) is 15.6 Å². The van der Waals surface area contributed by atoms with Crippen LogP contribution in [-0.4, -0.2) is 19.3 Å². The van der Waals surface area contributed by atoms with Crippen molar-refractivity contribution >= 4 is 9.84 Å². The highest BCUT2D eigenvalue weighted by Crippen LogP contribution is 2.33. The highest BCUT2D eigenvalue weighted by molar-refractivity contribution is 7.91. The van der Waals surface area contributed by atoms with Gasteiger partial charge in [-0.2, -0.15) is 0 Å². The fourth-order valence-electron chi connectivity index (χ4n) is 2.34. The van der Waals surface area contributed by atoms with Gasteiger partial charge in [0.25, 0.3) is 0 Å². The van der Waals surface area contributed by atoms with Crippen LogP contribution in [0.5, 0.6) is 0 Å². The molecule has 3 rings (SSSR count). The summed E-state index contributed by atoms with van der Waals surface area (Å²) in [6, 6.07) is 8.76. The standard InChI is InChI=1S/C13H14N2O3S/c1-9-6-10(18-15-9)7-14-12-8-19(16,17)13-5-3-2-4-11(12)13/h2-6,12,14H,7-8H2,1H3. The predicted molar refractivity (Wildman–Crippen MR) is 69.3 cm³/mol. The Hall–Kier alpha value is -1.66. The maximum Gasteiger partial charge on any atom is 0.180 e. The molecule has 1 atom stereocenters. The van der Waals surface area contributed by atoms with Gasteiger partial charge in [-0.05, 0) is 18.6 Å². The topological polar surface area (TPSA) is 72.2 Å². The van der Waals surface area contributed by atoms with Crippen molar-refractivity contribution in [1.82, 2.24) is 10.5 Å². The van der Waals surface area contributed by atoms with Gasteiger partial charge in [0, 0.05) is 12.1 Å². The number of sulfone groups is 1. The van der Waals surface area contributed by atoms with Gasteiger partial charge in [-0.1, -0.05) is 23.4 Å². The summed E-state index contributed by atoms with van der Waals surface area (Å²) in [5.41, 5.74) is 1.65. The fourth-order valence-corrected chi connectivity index (χ4v) is 4.11. The molecule has 1 aliphatic heterocycles. The average molecular weight is 278 g/mol. The van der Waals surface area contributed by atoms with Crippen molar-refractivity contribution in [2.45, 2.75) is 24.4 Å². The molecule has 1 aliphatic rings. The monoisotopic (exact) mass is 278 g/mol. The first-order valence-corrected chi connectivity index (χ1v) is 7.69. The second-order valence-corrected chi connectivity index (χ2v) is 6.69. The molecule has 0 radical (unpaired) electrons. The molecule has 0 spiro atoms. The van der Waals surface area contributed by atoms with Crippen LogP contribution in [0.2, 0.25) is 0 Å². The Morgan fingerprint density at radius 2 is 2.21 bits per heavy atom. The van der Waals surface area contributed by atoms with E-state index in [1.54, 1.807) is 12.1 Å². The molecule has 0 saturated heterocycles. The number of aryl methyl sites for hydroxylation is 1. The highest BCUT2D eigenvalue weighted by atomic mass is 32.2. The van der Waals surface area contributed by atoms with Crippen LogP contribution in [0.1, 0.15) is 23.1 Å². The van der Waals surface area contributed by atoms with E-state index in [-0.39, 0.29) is 11.8 Å². The van der Waals surface area contributed by atoms with E-state index in [2.05, 4.69) is 10.5 Å². The Morgan fingerprint density at radius 3 is 2.95 bits per heavy atom.